The molecule has 0 aliphatic carbocycles. The Bertz CT molecular complexity index is 716. The molecule has 1 aromatic heterocycles. The van der Waals surface area contributed by atoms with E-state index in [0.29, 0.717) is 19.8 Å². The summed E-state index contributed by atoms with van der Waals surface area (Å²) in [5.74, 6) is 0.845. The van der Waals surface area contributed by atoms with Gasteiger partial charge in [-0.3, -0.25) is 9.58 Å². The molecule has 1 N–H and O–H groups in total. The van der Waals surface area contributed by atoms with Gasteiger partial charge in [-0.05, 0) is 43.5 Å². The average molecular weight is 359 g/mol. The number of aryl methyl sites for hydroxylation is 3. The van der Waals surface area contributed by atoms with Crippen molar-refractivity contribution in [2.45, 2.75) is 39.5 Å². The van der Waals surface area contributed by atoms with Crippen LogP contribution in [0.2, 0.25) is 0 Å². The number of hydrogen-bond acceptors (Lipinski definition) is 5. The van der Waals surface area contributed by atoms with Gasteiger partial charge in [0.1, 0.15) is 18.5 Å². The Labute approximate surface area is 155 Å². The third-order valence-electron chi connectivity index (χ3n) is 4.62. The maximum absolute atomic E-state index is 10.4. The SMILES string of the molecule is Cc1ccc(C)c(OCC(O)CN2CCOC(Cn3cc(C)cn3)C2)c1. The molecule has 0 bridgehead atoms. The largest absolute Gasteiger partial charge is 0.491 e. The first-order valence-corrected chi connectivity index (χ1v) is 9.21. The minimum absolute atomic E-state index is 0.0928. The molecule has 2 atom stereocenters. The summed E-state index contributed by atoms with van der Waals surface area (Å²) in [5, 5.41) is 14.7. The van der Waals surface area contributed by atoms with E-state index in [2.05, 4.69) is 16.1 Å². The quantitative estimate of drug-likeness (QED) is 0.819. The monoisotopic (exact) mass is 359 g/mol. The minimum Gasteiger partial charge on any atom is -0.491 e. The molecule has 0 amide bonds. The highest BCUT2D eigenvalue weighted by Crippen LogP contribution is 2.19. The number of ether oxygens (including phenoxy) is 2. The molecule has 6 heteroatoms. The summed E-state index contributed by atoms with van der Waals surface area (Å²) < 4.78 is 13.6. The lowest BCUT2D eigenvalue weighted by atomic mass is 10.1. The molecule has 1 saturated heterocycles. The number of rotatable bonds is 7. The first kappa shape index (κ1) is 18.9. The fraction of sp³-hybridized carbons (Fsp3) is 0.550. The standard InChI is InChI=1S/C20H29N3O3/c1-15-4-5-17(3)20(8-15)26-14-18(24)11-22-6-7-25-19(12-22)13-23-10-16(2)9-21-23/h4-5,8-10,18-19,24H,6-7,11-14H2,1-3H3. The predicted molar refractivity (Wildman–Crippen MR) is 101 cm³/mol. The zero-order chi connectivity index (χ0) is 18.5. The lowest BCUT2D eigenvalue weighted by Crippen LogP contribution is -2.47. The number of hydrogen-bond donors (Lipinski definition) is 1. The Morgan fingerprint density at radius 1 is 1.31 bits per heavy atom. The van der Waals surface area contributed by atoms with Crippen molar-refractivity contribution in [2.24, 2.45) is 0 Å². The Morgan fingerprint density at radius 3 is 2.92 bits per heavy atom. The number of benzene rings is 1. The molecule has 1 aromatic carbocycles. The van der Waals surface area contributed by atoms with Crippen molar-refractivity contribution in [1.29, 1.82) is 0 Å². The summed E-state index contributed by atoms with van der Waals surface area (Å²) >= 11 is 0. The second-order valence-corrected chi connectivity index (χ2v) is 7.23. The second-order valence-electron chi connectivity index (χ2n) is 7.23. The van der Waals surface area contributed by atoms with E-state index in [1.807, 2.05) is 50.0 Å². The van der Waals surface area contributed by atoms with E-state index in [-0.39, 0.29) is 6.10 Å². The van der Waals surface area contributed by atoms with Crippen LogP contribution in [0.15, 0.2) is 30.6 Å². The van der Waals surface area contributed by atoms with Crippen LogP contribution in [0, 0.1) is 20.8 Å². The molecule has 1 aliphatic heterocycles. The number of β-amino-alcohol motifs (C(OH)–C–C–N with tert-alkyl or cyclic N) is 1. The summed E-state index contributed by atoms with van der Waals surface area (Å²) in [6.07, 6.45) is 3.44. The topological polar surface area (TPSA) is 59.8 Å². The molecular formula is C20H29N3O3. The van der Waals surface area contributed by atoms with Gasteiger partial charge >= 0.3 is 0 Å². The number of nitrogens with zero attached hydrogens (tertiary/aromatic N) is 3. The Kier molecular flexibility index (Phi) is 6.29. The summed E-state index contributed by atoms with van der Waals surface area (Å²) in [5.41, 5.74) is 3.39. The molecule has 0 saturated carbocycles. The fourth-order valence-corrected chi connectivity index (χ4v) is 3.23. The van der Waals surface area contributed by atoms with Gasteiger partial charge in [0.05, 0.1) is 25.5 Å². The zero-order valence-corrected chi connectivity index (χ0v) is 15.9. The molecule has 3 rings (SSSR count). The van der Waals surface area contributed by atoms with Gasteiger partial charge < -0.3 is 14.6 Å². The Balaban J connectivity index is 1.46. The third-order valence-corrected chi connectivity index (χ3v) is 4.62. The molecule has 0 spiro atoms. The third kappa shape index (κ3) is 5.30. The van der Waals surface area contributed by atoms with Crippen molar-refractivity contribution in [3.05, 3.63) is 47.3 Å². The lowest BCUT2D eigenvalue weighted by Gasteiger charge is -2.34. The van der Waals surface area contributed by atoms with E-state index in [1.54, 1.807) is 0 Å². The van der Waals surface area contributed by atoms with E-state index in [4.69, 9.17) is 9.47 Å². The smallest absolute Gasteiger partial charge is 0.122 e. The summed E-state index contributed by atoms with van der Waals surface area (Å²) in [4.78, 5) is 2.24. The van der Waals surface area contributed by atoms with Crippen molar-refractivity contribution in [2.75, 3.05) is 32.8 Å². The van der Waals surface area contributed by atoms with Crippen LogP contribution in [0.25, 0.3) is 0 Å². The first-order chi connectivity index (χ1) is 12.5. The van der Waals surface area contributed by atoms with Gasteiger partial charge in [-0.1, -0.05) is 12.1 Å². The highest BCUT2D eigenvalue weighted by atomic mass is 16.5. The van der Waals surface area contributed by atoms with Crippen LogP contribution in [-0.4, -0.2) is 64.8 Å². The summed E-state index contributed by atoms with van der Waals surface area (Å²) in [7, 11) is 0. The molecule has 142 valence electrons. The van der Waals surface area contributed by atoms with E-state index < -0.39 is 6.10 Å². The van der Waals surface area contributed by atoms with Crippen molar-refractivity contribution >= 4 is 0 Å². The van der Waals surface area contributed by atoms with Gasteiger partial charge in [0.15, 0.2) is 0 Å². The van der Waals surface area contributed by atoms with Crippen molar-refractivity contribution < 1.29 is 14.6 Å². The molecule has 2 aromatic rings. The van der Waals surface area contributed by atoms with E-state index in [0.717, 1.165) is 42.1 Å². The molecule has 0 radical (unpaired) electrons. The average Bonchev–Trinajstić information content (AvgIpc) is 3.01. The summed E-state index contributed by atoms with van der Waals surface area (Å²) in [6, 6.07) is 6.12. The number of aliphatic hydroxyl groups excluding tert-OH is 1. The highest BCUT2D eigenvalue weighted by molar-refractivity contribution is 5.35. The van der Waals surface area contributed by atoms with Crippen LogP contribution >= 0.6 is 0 Å². The second kappa shape index (κ2) is 8.66. The van der Waals surface area contributed by atoms with Gasteiger partial charge in [-0.25, -0.2) is 0 Å². The van der Waals surface area contributed by atoms with Crippen LogP contribution < -0.4 is 4.74 Å². The van der Waals surface area contributed by atoms with Crippen molar-refractivity contribution in [3.8, 4) is 5.75 Å². The molecule has 2 heterocycles. The number of aliphatic hydroxyl groups is 1. The van der Waals surface area contributed by atoms with E-state index in [1.165, 1.54) is 0 Å². The number of morpholine rings is 1. The minimum atomic E-state index is -0.527. The van der Waals surface area contributed by atoms with Crippen molar-refractivity contribution in [3.63, 3.8) is 0 Å². The first-order valence-electron chi connectivity index (χ1n) is 9.21. The Morgan fingerprint density at radius 2 is 2.15 bits per heavy atom. The molecule has 26 heavy (non-hydrogen) atoms. The molecule has 1 fully saturated rings. The Hall–Kier alpha value is -1.89. The number of aromatic nitrogens is 2. The maximum Gasteiger partial charge on any atom is 0.122 e. The van der Waals surface area contributed by atoms with E-state index >= 15 is 0 Å². The summed E-state index contributed by atoms with van der Waals surface area (Å²) in [6.45, 7) is 10.0. The highest BCUT2D eigenvalue weighted by Gasteiger charge is 2.23. The van der Waals surface area contributed by atoms with Gasteiger partial charge in [-0.2, -0.15) is 5.10 Å². The van der Waals surface area contributed by atoms with Crippen LogP contribution in [0.5, 0.6) is 5.75 Å². The van der Waals surface area contributed by atoms with Crippen molar-refractivity contribution in [1.82, 2.24) is 14.7 Å². The van der Waals surface area contributed by atoms with Gasteiger partial charge in [-0.15, -0.1) is 0 Å². The molecule has 1 aliphatic rings. The van der Waals surface area contributed by atoms with Crippen LogP contribution in [0.1, 0.15) is 16.7 Å². The zero-order valence-electron chi connectivity index (χ0n) is 15.9. The van der Waals surface area contributed by atoms with Gasteiger partial charge in [0.25, 0.3) is 0 Å². The molecular weight excluding hydrogens is 330 g/mol. The van der Waals surface area contributed by atoms with E-state index in [9.17, 15) is 5.11 Å². The molecule has 2 unspecified atom stereocenters. The van der Waals surface area contributed by atoms with Crippen LogP contribution in [0.4, 0.5) is 0 Å². The molecule has 6 nitrogen and oxygen atoms in total. The predicted octanol–water partition coefficient (Wildman–Crippen LogP) is 1.95. The van der Waals surface area contributed by atoms with Crippen LogP contribution in [-0.2, 0) is 11.3 Å². The maximum atomic E-state index is 10.4. The van der Waals surface area contributed by atoms with Gasteiger partial charge in [0, 0.05) is 25.8 Å². The van der Waals surface area contributed by atoms with Gasteiger partial charge in [0.2, 0.25) is 0 Å². The fourth-order valence-electron chi connectivity index (χ4n) is 3.23. The lowest BCUT2D eigenvalue weighted by molar-refractivity contribution is -0.0517. The normalized spacial score (nSPS) is 19.5. The van der Waals surface area contributed by atoms with Crippen LogP contribution in [0.3, 0.4) is 0 Å².